The van der Waals surface area contributed by atoms with Gasteiger partial charge < -0.3 is 10.8 Å². The molecule has 0 aromatic heterocycles. The van der Waals surface area contributed by atoms with Crippen LogP contribution in [0.2, 0.25) is 0 Å². The molecule has 1 aromatic carbocycles. The molecular formula is C9H13FN2O3S. The molecule has 0 fully saturated rings. The standard InChI is InChI=1S/C9H13FN2O3S/c1-6-8(10)4-7(5-9(6)11)16(14,15)12-2-3-13/h4-5,12-13H,2-3,11H2,1H3. The molecule has 0 aliphatic rings. The second-order valence-corrected chi connectivity index (χ2v) is 5.01. The molecule has 0 unspecified atom stereocenters. The Morgan fingerprint density at radius 3 is 2.62 bits per heavy atom. The summed E-state index contributed by atoms with van der Waals surface area (Å²) in [6.07, 6.45) is 0. The summed E-state index contributed by atoms with van der Waals surface area (Å²) in [6.45, 7) is 1.00. The first kappa shape index (κ1) is 12.9. The number of hydrogen-bond acceptors (Lipinski definition) is 4. The number of rotatable bonds is 4. The van der Waals surface area contributed by atoms with E-state index >= 15 is 0 Å². The molecule has 7 heteroatoms. The molecule has 16 heavy (non-hydrogen) atoms. The van der Waals surface area contributed by atoms with E-state index in [9.17, 15) is 12.8 Å². The van der Waals surface area contributed by atoms with E-state index in [2.05, 4.69) is 4.72 Å². The first-order valence-corrected chi connectivity index (χ1v) is 6.03. The van der Waals surface area contributed by atoms with Crippen LogP contribution in [0.15, 0.2) is 17.0 Å². The predicted molar refractivity (Wildman–Crippen MR) is 57.8 cm³/mol. The Balaban J connectivity index is 3.14. The fourth-order valence-corrected chi connectivity index (χ4v) is 2.16. The van der Waals surface area contributed by atoms with Gasteiger partial charge in [0, 0.05) is 17.8 Å². The van der Waals surface area contributed by atoms with E-state index < -0.39 is 15.8 Å². The Bertz CT molecular complexity index is 465. The zero-order valence-electron chi connectivity index (χ0n) is 8.70. The molecule has 4 N–H and O–H groups in total. The smallest absolute Gasteiger partial charge is 0.240 e. The lowest BCUT2D eigenvalue weighted by molar-refractivity contribution is 0.301. The van der Waals surface area contributed by atoms with Gasteiger partial charge in [-0.25, -0.2) is 17.5 Å². The number of aliphatic hydroxyl groups excluding tert-OH is 1. The van der Waals surface area contributed by atoms with Gasteiger partial charge in [0.15, 0.2) is 0 Å². The number of nitrogen functional groups attached to an aromatic ring is 1. The molecule has 0 radical (unpaired) electrons. The first-order chi connectivity index (χ1) is 7.38. The molecule has 5 nitrogen and oxygen atoms in total. The highest BCUT2D eigenvalue weighted by molar-refractivity contribution is 7.89. The van der Waals surface area contributed by atoms with Gasteiger partial charge in [0.1, 0.15) is 5.82 Å². The molecule has 0 aliphatic carbocycles. The summed E-state index contributed by atoms with van der Waals surface area (Å²) in [5.74, 6) is -0.677. The van der Waals surface area contributed by atoms with Gasteiger partial charge in [0.25, 0.3) is 0 Å². The number of anilines is 1. The number of nitrogens with two attached hydrogens (primary N) is 1. The Labute approximate surface area is 93.1 Å². The van der Waals surface area contributed by atoms with Crippen LogP contribution in [0.5, 0.6) is 0 Å². The Morgan fingerprint density at radius 1 is 1.50 bits per heavy atom. The minimum absolute atomic E-state index is 0.0735. The third-order valence-corrected chi connectivity index (χ3v) is 3.51. The molecule has 0 saturated carbocycles. The lowest BCUT2D eigenvalue weighted by atomic mass is 10.2. The Hall–Kier alpha value is -1.18. The van der Waals surface area contributed by atoms with Crippen LogP contribution in [0.3, 0.4) is 0 Å². The maximum atomic E-state index is 13.3. The summed E-state index contributed by atoms with van der Waals surface area (Å²) in [6, 6.07) is 2.07. The van der Waals surface area contributed by atoms with Crippen molar-refractivity contribution in [1.29, 1.82) is 0 Å². The van der Waals surface area contributed by atoms with Crippen molar-refractivity contribution in [3.63, 3.8) is 0 Å². The highest BCUT2D eigenvalue weighted by Crippen LogP contribution is 2.20. The van der Waals surface area contributed by atoms with E-state index in [1.54, 1.807) is 0 Å². The third-order valence-electron chi connectivity index (χ3n) is 2.07. The van der Waals surface area contributed by atoms with Crippen LogP contribution in [-0.4, -0.2) is 26.7 Å². The average molecular weight is 248 g/mol. The molecule has 0 aliphatic heterocycles. The second kappa shape index (κ2) is 4.77. The zero-order chi connectivity index (χ0) is 12.3. The summed E-state index contributed by atoms with van der Waals surface area (Å²) in [4.78, 5) is -0.249. The van der Waals surface area contributed by atoms with Crippen molar-refractivity contribution in [2.75, 3.05) is 18.9 Å². The molecule has 0 heterocycles. The van der Waals surface area contributed by atoms with Gasteiger partial charge in [-0.3, -0.25) is 0 Å². The molecule has 90 valence electrons. The van der Waals surface area contributed by atoms with Gasteiger partial charge in [0.05, 0.1) is 11.5 Å². The first-order valence-electron chi connectivity index (χ1n) is 4.54. The van der Waals surface area contributed by atoms with Gasteiger partial charge in [-0.05, 0) is 19.1 Å². The van der Waals surface area contributed by atoms with Gasteiger partial charge in [-0.1, -0.05) is 0 Å². The van der Waals surface area contributed by atoms with E-state index in [0.717, 1.165) is 6.07 Å². The minimum Gasteiger partial charge on any atom is -0.398 e. The molecule has 0 amide bonds. The fraction of sp³-hybridized carbons (Fsp3) is 0.333. The molecule has 0 spiro atoms. The zero-order valence-corrected chi connectivity index (χ0v) is 9.51. The normalized spacial score (nSPS) is 11.7. The van der Waals surface area contributed by atoms with Crippen molar-refractivity contribution < 1.29 is 17.9 Å². The van der Waals surface area contributed by atoms with Crippen molar-refractivity contribution in [3.8, 4) is 0 Å². The summed E-state index contributed by atoms with van der Waals surface area (Å²) in [5, 5.41) is 8.50. The summed E-state index contributed by atoms with van der Waals surface area (Å²) < 4.78 is 38.5. The van der Waals surface area contributed by atoms with Crippen LogP contribution in [0.25, 0.3) is 0 Å². The highest BCUT2D eigenvalue weighted by atomic mass is 32.2. The van der Waals surface area contributed by atoms with Gasteiger partial charge >= 0.3 is 0 Å². The van der Waals surface area contributed by atoms with Crippen molar-refractivity contribution in [2.45, 2.75) is 11.8 Å². The molecule has 0 atom stereocenters. The van der Waals surface area contributed by atoms with E-state index in [0.29, 0.717) is 0 Å². The maximum absolute atomic E-state index is 13.3. The van der Waals surface area contributed by atoms with Crippen molar-refractivity contribution in [3.05, 3.63) is 23.5 Å². The Morgan fingerprint density at radius 2 is 2.12 bits per heavy atom. The largest absolute Gasteiger partial charge is 0.398 e. The van der Waals surface area contributed by atoms with Crippen LogP contribution in [-0.2, 0) is 10.0 Å². The van der Waals surface area contributed by atoms with Gasteiger partial charge in [-0.2, -0.15) is 0 Å². The van der Waals surface area contributed by atoms with Crippen molar-refractivity contribution in [2.24, 2.45) is 0 Å². The predicted octanol–water partition coefficient (Wildman–Crippen LogP) is -0.0131. The Kier molecular flexibility index (Phi) is 3.84. The van der Waals surface area contributed by atoms with E-state index in [1.165, 1.54) is 13.0 Å². The number of benzene rings is 1. The van der Waals surface area contributed by atoms with Crippen LogP contribution in [0.1, 0.15) is 5.56 Å². The lowest BCUT2D eigenvalue weighted by Crippen LogP contribution is -2.26. The number of hydrogen-bond donors (Lipinski definition) is 3. The third kappa shape index (κ3) is 2.69. The molecule has 0 saturated heterocycles. The van der Waals surface area contributed by atoms with Crippen molar-refractivity contribution in [1.82, 2.24) is 4.72 Å². The second-order valence-electron chi connectivity index (χ2n) is 3.24. The summed E-state index contributed by atoms with van der Waals surface area (Å²) in [5.41, 5.74) is 5.75. The van der Waals surface area contributed by atoms with Crippen LogP contribution >= 0.6 is 0 Å². The molecular weight excluding hydrogens is 235 g/mol. The van der Waals surface area contributed by atoms with E-state index in [1.807, 2.05) is 0 Å². The maximum Gasteiger partial charge on any atom is 0.240 e. The lowest BCUT2D eigenvalue weighted by Gasteiger charge is -2.08. The summed E-state index contributed by atoms with van der Waals surface area (Å²) in [7, 11) is -3.81. The van der Waals surface area contributed by atoms with E-state index in [-0.39, 0.29) is 29.3 Å². The molecule has 1 rings (SSSR count). The van der Waals surface area contributed by atoms with Crippen molar-refractivity contribution >= 4 is 15.7 Å². The number of sulfonamides is 1. The van der Waals surface area contributed by atoms with Gasteiger partial charge in [0.2, 0.25) is 10.0 Å². The average Bonchev–Trinajstić information content (AvgIpc) is 2.22. The molecule has 0 bridgehead atoms. The molecule has 1 aromatic rings. The highest BCUT2D eigenvalue weighted by Gasteiger charge is 2.16. The van der Waals surface area contributed by atoms with Crippen LogP contribution in [0.4, 0.5) is 10.1 Å². The SMILES string of the molecule is Cc1c(N)cc(S(=O)(=O)NCCO)cc1F. The van der Waals surface area contributed by atoms with Crippen LogP contribution < -0.4 is 10.5 Å². The van der Waals surface area contributed by atoms with Crippen LogP contribution in [0, 0.1) is 12.7 Å². The number of halogens is 1. The quantitative estimate of drug-likeness (QED) is 0.653. The summed E-state index contributed by atoms with van der Waals surface area (Å²) >= 11 is 0. The van der Waals surface area contributed by atoms with E-state index in [4.69, 9.17) is 10.8 Å². The number of aliphatic hydroxyl groups is 1. The fourth-order valence-electron chi connectivity index (χ4n) is 1.09. The van der Waals surface area contributed by atoms with Gasteiger partial charge in [-0.15, -0.1) is 0 Å². The minimum atomic E-state index is -3.81. The monoisotopic (exact) mass is 248 g/mol. The number of nitrogens with one attached hydrogen (secondary N) is 1. The topological polar surface area (TPSA) is 92.4 Å².